The zero-order valence-corrected chi connectivity index (χ0v) is 20.9. The number of amides is 2. The van der Waals surface area contributed by atoms with Gasteiger partial charge in [-0.3, -0.25) is 14.4 Å². The molecule has 2 rings (SSSR count). The van der Waals surface area contributed by atoms with Crippen molar-refractivity contribution in [1.29, 1.82) is 0 Å². The van der Waals surface area contributed by atoms with Crippen LogP contribution in [0.1, 0.15) is 25.0 Å². The van der Waals surface area contributed by atoms with Crippen LogP contribution < -0.4 is 10.6 Å². The van der Waals surface area contributed by atoms with E-state index in [1.807, 2.05) is 0 Å². The molecule has 0 aliphatic heterocycles. The molecule has 11 heteroatoms. The summed E-state index contributed by atoms with van der Waals surface area (Å²) in [5.41, 5.74) is 1.11. The Morgan fingerprint density at radius 1 is 0.914 bits per heavy atom. The van der Waals surface area contributed by atoms with E-state index < -0.39 is 41.8 Å². The van der Waals surface area contributed by atoms with E-state index in [2.05, 4.69) is 10.6 Å². The Labute approximate surface area is 215 Å². The Morgan fingerprint density at radius 2 is 1.49 bits per heavy atom. The summed E-state index contributed by atoms with van der Waals surface area (Å²) in [4.78, 5) is 37.3. The summed E-state index contributed by atoms with van der Waals surface area (Å²) in [5, 5.41) is 5.76. The van der Waals surface area contributed by atoms with Crippen LogP contribution in [0.4, 0.5) is 13.2 Å². The molecule has 0 radical (unpaired) electrons. The quantitative estimate of drug-likeness (QED) is 0.397. The zero-order valence-electron chi connectivity index (χ0n) is 18.6. The lowest BCUT2D eigenvalue weighted by Crippen LogP contribution is -2.55. The third-order valence-electron chi connectivity index (χ3n) is 4.82. The number of nitrogens with one attached hydrogen (secondary N) is 2. The van der Waals surface area contributed by atoms with Crippen molar-refractivity contribution < 1.29 is 27.6 Å². The van der Waals surface area contributed by atoms with Gasteiger partial charge in [0.2, 0.25) is 11.8 Å². The monoisotopic (exact) mass is 548 g/mol. The SMILES string of the molecule is CC(C)[C@H](NC(=O)C(Cc1ccc(Cl)cc1)NC(=O)/C=C/c1cc(Cl)cc(Cl)c1)C(=O)C(F)(F)F. The lowest BCUT2D eigenvalue weighted by molar-refractivity contribution is -0.175. The molecule has 0 bridgehead atoms. The summed E-state index contributed by atoms with van der Waals surface area (Å²) in [7, 11) is 0. The molecule has 188 valence electrons. The number of ketones is 1. The van der Waals surface area contributed by atoms with E-state index in [1.165, 1.54) is 26.0 Å². The molecule has 2 atom stereocenters. The molecular weight excluding hydrogens is 528 g/mol. The average Bonchev–Trinajstić information content (AvgIpc) is 2.75. The molecule has 1 unspecified atom stereocenters. The molecule has 0 fully saturated rings. The lowest BCUT2D eigenvalue weighted by Gasteiger charge is -2.25. The van der Waals surface area contributed by atoms with Gasteiger partial charge in [0.15, 0.2) is 0 Å². The van der Waals surface area contributed by atoms with Crippen molar-refractivity contribution in [2.75, 3.05) is 0 Å². The average molecular weight is 550 g/mol. The highest BCUT2D eigenvalue weighted by molar-refractivity contribution is 6.34. The summed E-state index contributed by atoms with van der Waals surface area (Å²) in [6.07, 6.45) is -2.64. The lowest BCUT2D eigenvalue weighted by atomic mass is 9.98. The van der Waals surface area contributed by atoms with E-state index in [4.69, 9.17) is 34.8 Å². The van der Waals surface area contributed by atoms with E-state index >= 15 is 0 Å². The Bertz CT molecular complexity index is 1080. The first-order valence-corrected chi connectivity index (χ1v) is 11.5. The second-order valence-electron chi connectivity index (χ2n) is 8.02. The van der Waals surface area contributed by atoms with Gasteiger partial charge >= 0.3 is 6.18 Å². The predicted molar refractivity (Wildman–Crippen MR) is 130 cm³/mol. The number of alkyl halides is 3. The van der Waals surface area contributed by atoms with Crippen LogP contribution in [-0.4, -0.2) is 35.9 Å². The second-order valence-corrected chi connectivity index (χ2v) is 9.33. The third kappa shape index (κ3) is 9.20. The smallest absolute Gasteiger partial charge is 0.344 e. The number of hydrogen-bond acceptors (Lipinski definition) is 3. The van der Waals surface area contributed by atoms with Crippen LogP contribution in [0.5, 0.6) is 0 Å². The summed E-state index contributed by atoms with van der Waals surface area (Å²) in [6.45, 7) is 2.75. The van der Waals surface area contributed by atoms with Crippen LogP contribution in [0.3, 0.4) is 0 Å². The summed E-state index contributed by atoms with van der Waals surface area (Å²) in [6, 6.07) is 7.91. The van der Waals surface area contributed by atoms with Gasteiger partial charge in [0.05, 0.1) is 6.04 Å². The molecule has 0 saturated heterocycles. The first-order valence-electron chi connectivity index (χ1n) is 10.4. The highest BCUT2D eigenvalue weighted by Gasteiger charge is 2.45. The fourth-order valence-corrected chi connectivity index (χ4v) is 3.76. The molecular formula is C24H22Cl3F3N2O3. The van der Waals surface area contributed by atoms with Crippen molar-refractivity contribution in [3.05, 3.63) is 74.7 Å². The zero-order chi connectivity index (χ0) is 26.3. The topological polar surface area (TPSA) is 75.3 Å². The van der Waals surface area contributed by atoms with Gasteiger partial charge in [0, 0.05) is 27.6 Å². The van der Waals surface area contributed by atoms with Gasteiger partial charge in [-0.05, 0) is 53.5 Å². The van der Waals surface area contributed by atoms with Crippen LogP contribution >= 0.6 is 34.8 Å². The van der Waals surface area contributed by atoms with Gasteiger partial charge in [-0.1, -0.05) is 60.8 Å². The van der Waals surface area contributed by atoms with Gasteiger partial charge in [-0.2, -0.15) is 13.2 Å². The van der Waals surface area contributed by atoms with E-state index in [0.717, 1.165) is 6.08 Å². The van der Waals surface area contributed by atoms with Crippen LogP contribution in [0.15, 0.2) is 48.5 Å². The number of benzene rings is 2. The summed E-state index contributed by atoms with van der Waals surface area (Å²) >= 11 is 17.7. The van der Waals surface area contributed by atoms with E-state index in [-0.39, 0.29) is 6.42 Å². The molecule has 0 aliphatic rings. The highest BCUT2D eigenvalue weighted by Crippen LogP contribution is 2.22. The molecule has 5 nitrogen and oxygen atoms in total. The van der Waals surface area contributed by atoms with Gasteiger partial charge in [0.1, 0.15) is 6.04 Å². The molecule has 0 heterocycles. The second kappa shape index (κ2) is 12.4. The molecule has 2 amide bonds. The minimum Gasteiger partial charge on any atom is -0.344 e. The van der Waals surface area contributed by atoms with Crippen LogP contribution in [0, 0.1) is 5.92 Å². The number of carbonyl (C=O) groups excluding carboxylic acids is 3. The number of Topliss-reactive ketones (excluding diaryl/α,β-unsaturated/α-hetero) is 1. The molecule has 35 heavy (non-hydrogen) atoms. The van der Waals surface area contributed by atoms with Gasteiger partial charge in [0.25, 0.3) is 5.78 Å². The normalized spacial score (nSPS) is 13.5. The molecule has 2 aromatic carbocycles. The van der Waals surface area contributed by atoms with Crippen LogP contribution in [-0.2, 0) is 20.8 Å². The van der Waals surface area contributed by atoms with Gasteiger partial charge in [-0.25, -0.2) is 0 Å². The molecule has 0 aliphatic carbocycles. The van der Waals surface area contributed by atoms with E-state index in [1.54, 1.807) is 36.4 Å². The Morgan fingerprint density at radius 3 is 2.00 bits per heavy atom. The number of carbonyl (C=O) groups is 3. The van der Waals surface area contributed by atoms with Crippen molar-refractivity contribution >= 4 is 58.5 Å². The third-order valence-corrected chi connectivity index (χ3v) is 5.51. The van der Waals surface area contributed by atoms with Crippen molar-refractivity contribution in [3.63, 3.8) is 0 Å². The van der Waals surface area contributed by atoms with Crippen molar-refractivity contribution in [2.24, 2.45) is 5.92 Å². The minimum absolute atomic E-state index is 0.0589. The molecule has 2 aromatic rings. The number of halogens is 6. The van der Waals surface area contributed by atoms with Crippen molar-refractivity contribution in [2.45, 2.75) is 38.5 Å². The van der Waals surface area contributed by atoms with Crippen molar-refractivity contribution in [1.82, 2.24) is 10.6 Å². The maximum atomic E-state index is 13.0. The molecule has 0 saturated carbocycles. The standard InChI is InChI=1S/C24H22Cl3F3N2O3/c1-13(2)21(22(34)24(28,29)30)32-23(35)19(11-14-3-6-16(25)7-4-14)31-20(33)8-5-15-9-17(26)12-18(27)10-15/h3-10,12-13,19,21H,11H2,1-2H3,(H,31,33)(H,32,35)/b8-5+/t19?,21-/m0/s1. The summed E-state index contributed by atoms with van der Waals surface area (Å²) < 4.78 is 39.0. The predicted octanol–water partition coefficient (Wildman–Crippen LogP) is 5.66. The molecule has 0 aromatic heterocycles. The number of rotatable bonds is 9. The van der Waals surface area contributed by atoms with E-state index in [0.29, 0.717) is 26.2 Å². The Balaban J connectivity index is 2.25. The maximum absolute atomic E-state index is 13.0. The van der Waals surface area contributed by atoms with Crippen LogP contribution in [0.2, 0.25) is 15.1 Å². The van der Waals surface area contributed by atoms with Crippen molar-refractivity contribution in [3.8, 4) is 0 Å². The van der Waals surface area contributed by atoms with Crippen LogP contribution in [0.25, 0.3) is 6.08 Å². The molecule has 0 spiro atoms. The first-order chi connectivity index (χ1) is 16.3. The van der Waals surface area contributed by atoms with E-state index in [9.17, 15) is 27.6 Å². The largest absolute Gasteiger partial charge is 0.452 e. The fourth-order valence-electron chi connectivity index (χ4n) is 3.09. The summed E-state index contributed by atoms with van der Waals surface area (Å²) in [5.74, 6) is -4.55. The Hall–Kier alpha value is -2.55. The van der Waals surface area contributed by atoms with Gasteiger partial charge < -0.3 is 10.6 Å². The number of hydrogen-bond donors (Lipinski definition) is 2. The van der Waals surface area contributed by atoms with Gasteiger partial charge in [-0.15, -0.1) is 0 Å². The fraction of sp³-hybridized carbons (Fsp3) is 0.292. The highest BCUT2D eigenvalue weighted by atomic mass is 35.5. The minimum atomic E-state index is -5.13. The maximum Gasteiger partial charge on any atom is 0.452 e. The Kier molecular flexibility index (Phi) is 10.2. The molecule has 2 N–H and O–H groups in total. The first kappa shape index (κ1) is 28.7.